The standard InChI is InChI=1S/C26H38FN3O4/c1-4-6-11-28-26(33)30-16-21(19-9-10-23(27)18(3)13-19)14-22(17-30)24(31)29-12-7-8-20(15-29)25(32)34-5-2/h9-10,13,20-22H,4-8,11-12,14-17H2,1-3H3,(H,28,33)/t20-,21-,22-/m1/s1. The normalized spacial score (nSPS) is 22.9. The maximum absolute atomic E-state index is 13.9. The Morgan fingerprint density at radius 3 is 2.59 bits per heavy atom. The van der Waals surface area contributed by atoms with Crippen molar-refractivity contribution in [1.29, 1.82) is 0 Å². The summed E-state index contributed by atoms with van der Waals surface area (Å²) < 4.78 is 19.1. The second-order valence-corrected chi connectivity index (χ2v) is 9.50. The van der Waals surface area contributed by atoms with Gasteiger partial charge in [-0.15, -0.1) is 0 Å². The molecule has 2 heterocycles. The van der Waals surface area contributed by atoms with Gasteiger partial charge >= 0.3 is 12.0 Å². The summed E-state index contributed by atoms with van der Waals surface area (Å²) in [4.78, 5) is 42.2. The molecular formula is C26H38FN3O4. The summed E-state index contributed by atoms with van der Waals surface area (Å²) in [6.07, 6.45) is 3.94. The molecule has 1 aromatic rings. The highest BCUT2D eigenvalue weighted by Crippen LogP contribution is 2.33. The van der Waals surface area contributed by atoms with Crippen LogP contribution in [0.2, 0.25) is 0 Å². The number of rotatable bonds is 7. The Hall–Kier alpha value is -2.64. The van der Waals surface area contributed by atoms with Gasteiger partial charge in [0.25, 0.3) is 0 Å². The third-order valence-corrected chi connectivity index (χ3v) is 6.90. The van der Waals surface area contributed by atoms with Crippen LogP contribution in [0.3, 0.4) is 0 Å². The van der Waals surface area contributed by atoms with Gasteiger partial charge in [0.2, 0.25) is 5.91 Å². The quantitative estimate of drug-likeness (QED) is 0.480. The molecule has 1 aromatic carbocycles. The second kappa shape index (κ2) is 12.2. The number of unbranched alkanes of at least 4 members (excludes halogenated alkanes) is 1. The molecule has 3 atom stereocenters. The molecule has 3 amide bonds. The molecule has 0 radical (unpaired) electrons. The Morgan fingerprint density at radius 1 is 1.12 bits per heavy atom. The summed E-state index contributed by atoms with van der Waals surface area (Å²) in [6.45, 7) is 8.28. The van der Waals surface area contributed by atoms with Crippen LogP contribution in [0.1, 0.15) is 63.0 Å². The minimum Gasteiger partial charge on any atom is -0.466 e. The number of ether oxygens (including phenoxy) is 1. The van der Waals surface area contributed by atoms with E-state index in [1.54, 1.807) is 29.7 Å². The molecule has 3 rings (SSSR count). The van der Waals surface area contributed by atoms with Crippen LogP contribution in [0.5, 0.6) is 0 Å². The summed E-state index contributed by atoms with van der Waals surface area (Å²) in [5.74, 6) is -1.28. The number of nitrogens with one attached hydrogen (secondary N) is 1. The lowest BCUT2D eigenvalue weighted by Gasteiger charge is -2.40. The number of halogens is 1. The van der Waals surface area contributed by atoms with Gasteiger partial charge in [0.05, 0.1) is 18.4 Å². The molecule has 7 nitrogen and oxygen atoms in total. The fraction of sp³-hybridized carbons (Fsp3) is 0.654. The number of esters is 1. The molecule has 8 heteroatoms. The summed E-state index contributed by atoms with van der Waals surface area (Å²) in [5.41, 5.74) is 1.49. The topological polar surface area (TPSA) is 79.0 Å². The largest absolute Gasteiger partial charge is 0.466 e. The average Bonchev–Trinajstić information content (AvgIpc) is 2.85. The molecule has 2 saturated heterocycles. The number of nitrogens with zero attached hydrogens (tertiary/aromatic N) is 2. The molecule has 2 fully saturated rings. The van der Waals surface area contributed by atoms with Crippen LogP contribution in [-0.2, 0) is 14.3 Å². The van der Waals surface area contributed by atoms with E-state index in [1.165, 1.54) is 6.07 Å². The zero-order valence-corrected chi connectivity index (χ0v) is 20.6. The van der Waals surface area contributed by atoms with Crippen LogP contribution < -0.4 is 5.32 Å². The minimum atomic E-state index is -0.373. The van der Waals surface area contributed by atoms with Crippen molar-refractivity contribution in [2.45, 2.75) is 58.8 Å². The number of carbonyl (C=O) groups excluding carboxylic acids is 3. The molecule has 0 unspecified atom stereocenters. The highest BCUT2D eigenvalue weighted by Gasteiger charge is 2.38. The van der Waals surface area contributed by atoms with E-state index in [0.717, 1.165) is 31.2 Å². The molecular weight excluding hydrogens is 437 g/mol. The van der Waals surface area contributed by atoms with Crippen LogP contribution in [0.25, 0.3) is 0 Å². The van der Waals surface area contributed by atoms with E-state index in [4.69, 9.17) is 4.74 Å². The molecule has 1 N–H and O–H groups in total. The number of hydrogen-bond donors (Lipinski definition) is 1. The van der Waals surface area contributed by atoms with Crippen molar-refractivity contribution in [3.8, 4) is 0 Å². The number of amides is 3. The summed E-state index contributed by atoms with van der Waals surface area (Å²) in [6, 6.07) is 4.86. The van der Waals surface area contributed by atoms with Crippen molar-refractivity contribution in [3.05, 3.63) is 35.1 Å². The molecule has 0 aromatic heterocycles. The van der Waals surface area contributed by atoms with E-state index in [1.807, 2.05) is 6.07 Å². The van der Waals surface area contributed by atoms with Crippen molar-refractivity contribution in [2.75, 3.05) is 39.3 Å². The van der Waals surface area contributed by atoms with Crippen LogP contribution in [0.15, 0.2) is 18.2 Å². The van der Waals surface area contributed by atoms with Gasteiger partial charge in [-0.1, -0.05) is 25.5 Å². The predicted octanol–water partition coefficient (Wildman–Crippen LogP) is 3.85. The van der Waals surface area contributed by atoms with E-state index < -0.39 is 0 Å². The zero-order chi connectivity index (χ0) is 24.7. The molecule has 0 bridgehead atoms. The van der Waals surface area contributed by atoms with Crippen LogP contribution in [0.4, 0.5) is 9.18 Å². The Bertz CT molecular complexity index is 878. The van der Waals surface area contributed by atoms with Crippen LogP contribution in [0, 0.1) is 24.6 Å². The summed E-state index contributed by atoms with van der Waals surface area (Å²) >= 11 is 0. The van der Waals surface area contributed by atoms with Gasteiger partial charge in [-0.25, -0.2) is 9.18 Å². The summed E-state index contributed by atoms with van der Waals surface area (Å²) in [5, 5.41) is 2.96. The maximum Gasteiger partial charge on any atom is 0.317 e. The number of carbonyl (C=O) groups is 3. The monoisotopic (exact) mass is 475 g/mol. The van der Waals surface area contributed by atoms with Gasteiger partial charge < -0.3 is 19.9 Å². The Morgan fingerprint density at radius 2 is 1.88 bits per heavy atom. The number of urea groups is 1. The Kier molecular flexibility index (Phi) is 9.30. The molecule has 188 valence electrons. The van der Waals surface area contributed by atoms with Crippen LogP contribution in [-0.4, -0.2) is 67.0 Å². The lowest BCUT2D eigenvalue weighted by Crippen LogP contribution is -2.53. The van der Waals surface area contributed by atoms with Gasteiger partial charge in [0.1, 0.15) is 5.82 Å². The van der Waals surface area contributed by atoms with Crippen molar-refractivity contribution < 1.29 is 23.5 Å². The van der Waals surface area contributed by atoms with Crippen molar-refractivity contribution in [1.82, 2.24) is 15.1 Å². The first-order valence-corrected chi connectivity index (χ1v) is 12.6. The fourth-order valence-electron chi connectivity index (χ4n) is 4.98. The Labute approximate surface area is 202 Å². The molecule has 2 aliphatic rings. The van der Waals surface area contributed by atoms with E-state index in [0.29, 0.717) is 51.3 Å². The smallest absolute Gasteiger partial charge is 0.317 e. The van der Waals surface area contributed by atoms with Crippen molar-refractivity contribution in [2.24, 2.45) is 11.8 Å². The van der Waals surface area contributed by atoms with Crippen molar-refractivity contribution >= 4 is 17.9 Å². The molecule has 34 heavy (non-hydrogen) atoms. The van der Waals surface area contributed by atoms with Gasteiger partial charge in [0.15, 0.2) is 0 Å². The second-order valence-electron chi connectivity index (χ2n) is 9.50. The third kappa shape index (κ3) is 6.48. The van der Waals surface area contributed by atoms with E-state index >= 15 is 0 Å². The van der Waals surface area contributed by atoms with Gasteiger partial charge in [-0.2, -0.15) is 0 Å². The maximum atomic E-state index is 13.9. The average molecular weight is 476 g/mol. The van der Waals surface area contributed by atoms with E-state index in [2.05, 4.69) is 12.2 Å². The number of hydrogen-bond acceptors (Lipinski definition) is 4. The fourth-order valence-corrected chi connectivity index (χ4v) is 4.98. The van der Waals surface area contributed by atoms with E-state index in [-0.39, 0.29) is 41.5 Å². The molecule has 2 aliphatic heterocycles. The van der Waals surface area contributed by atoms with Crippen molar-refractivity contribution in [3.63, 3.8) is 0 Å². The third-order valence-electron chi connectivity index (χ3n) is 6.90. The van der Waals surface area contributed by atoms with Gasteiger partial charge in [0, 0.05) is 38.6 Å². The van der Waals surface area contributed by atoms with Gasteiger partial charge in [-0.05, 0) is 56.7 Å². The SMILES string of the molecule is CCCCNC(=O)N1C[C@H](C(=O)N2CCC[C@@H](C(=O)OCC)C2)C[C@@H](c2ccc(F)c(C)c2)C1. The molecule has 0 spiro atoms. The first-order chi connectivity index (χ1) is 16.3. The first kappa shape index (κ1) is 26.0. The highest BCUT2D eigenvalue weighted by molar-refractivity contribution is 5.82. The number of benzene rings is 1. The number of aryl methyl sites for hydroxylation is 1. The highest BCUT2D eigenvalue weighted by atomic mass is 19.1. The lowest BCUT2D eigenvalue weighted by molar-refractivity contribution is -0.152. The molecule has 0 saturated carbocycles. The number of likely N-dealkylation sites (tertiary alicyclic amines) is 2. The Balaban J connectivity index is 1.77. The minimum absolute atomic E-state index is 0.0242. The summed E-state index contributed by atoms with van der Waals surface area (Å²) in [7, 11) is 0. The zero-order valence-electron chi connectivity index (χ0n) is 20.6. The predicted molar refractivity (Wildman–Crippen MR) is 128 cm³/mol. The lowest BCUT2D eigenvalue weighted by atomic mass is 9.83. The van der Waals surface area contributed by atoms with E-state index in [9.17, 15) is 18.8 Å². The first-order valence-electron chi connectivity index (χ1n) is 12.6. The van der Waals surface area contributed by atoms with Gasteiger partial charge in [-0.3, -0.25) is 9.59 Å². The number of piperidine rings is 2. The molecule has 0 aliphatic carbocycles. The van der Waals surface area contributed by atoms with Crippen LogP contribution >= 0.6 is 0 Å².